The third-order valence-corrected chi connectivity index (χ3v) is 3.32. The third-order valence-electron chi connectivity index (χ3n) is 3.32. The fourth-order valence-electron chi connectivity index (χ4n) is 2.60. The summed E-state index contributed by atoms with van der Waals surface area (Å²) in [4.78, 5) is 15.9. The van der Waals surface area contributed by atoms with Crippen molar-refractivity contribution in [1.29, 1.82) is 0 Å². The van der Waals surface area contributed by atoms with Crippen molar-refractivity contribution in [1.82, 2.24) is 9.55 Å². The molecule has 20 heavy (non-hydrogen) atoms. The van der Waals surface area contributed by atoms with Gasteiger partial charge in [0, 0.05) is 0 Å². The predicted octanol–water partition coefficient (Wildman–Crippen LogP) is 2.47. The second-order valence-electron chi connectivity index (χ2n) is 4.97. The van der Waals surface area contributed by atoms with Gasteiger partial charge in [-0.15, -0.1) is 0 Å². The number of hydrogen-bond acceptors (Lipinski definition) is 4. The Hall–Kier alpha value is -2.30. The number of imidazole rings is 1. The summed E-state index contributed by atoms with van der Waals surface area (Å²) in [5.74, 6) is 0.453. The maximum atomic E-state index is 11.7. The quantitative estimate of drug-likeness (QED) is 0.853. The Morgan fingerprint density at radius 2 is 1.75 bits per heavy atom. The van der Waals surface area contributed by atoms with Gasteiger partial charge in [0.15, 0.2) is 5.69 Å². The van der Waals surface area contributed by atoms with E-state index in [-0.39, 0.29) is 5.69 Å². The molecule has 0 bridgehead atoms. The van der Waals surface area contributed by atoms with Gasteiger partial charge in [-0.1, -0.05) is 17.7 Å². The van der Waals surface area contributed by atoms with E-state index in [1.807, 2.05) is 27.7 Å². The molecule has 0 saturated carbocycles. The Labute approximate surface area is 118 Å². The second-order valence-corrected chi connectivity index (χ2v) is 4.97. The summed E-state index contributed by atoms with van der Waals surface area (Å²) in [5.41, 5.74) is 10.6. The molecule has 0 spiro atoms. The van der Waals surface area contributed by atoms with Crippen molar-refractivity contribution in [2.45, 2.75) is 27.7 Å². The standard InChI is InChI=1S/C15H19N3O2/c1-8-6-9(2)13(10(3)7-8)18-11(4)17-12(14(18)16)15(19)20-5/h6-7H,16H2,1-5H3. The molecule has 1 heterocycles. The molecular formula is C15H19N3O2. The molecule has 1 aromatic carbocycles. The van der Waals surface area contributed by atoms with Crippen molar-refractivity contribution < 1.29 is 9.53 Å². The van der Waals surface area contributed by atoms with Crippen LogP contribution in [0, 0.1) is 27.7 Å². The third kappa shape index (κ3) is 2.15. The van der Waals surface area contributed by atoms with Gasteiger partial charge in [-0.25, -0.2) is 9.78 Å². The van der Waals surface area contributed by atoms with E-state index in [4.69, 9.17) is 10.5 Å². The highest BCUT2D eigenvalue weighted by molar-refractivity contribution is 5.92. The lowest BCUT2D eigenvalue weighted by Gasteiger charge is -2.15. The topological polar surface area (TPSA) is 70.1 Å². The molecular weight excluding hydrogens is 254 g/mol. The van der Waals surface area contributed by atoms with Crippen LogP contribution in [-0.2, 0) is 4.74 Å². The van der Waals surface area contributed by atoms with E-state index in [0.29, 0.717) is 11.6 Å². The predicted molar refractivity (Wildman–Crippen MR) is 78.3 cm³/mol. The molecule has 0 aliphatic rings. The Morgan fingerprint density at radius 1 is 1.20 bits per heavy atom. The van der Waals surface area contributed by atoms with Gasteiger partial charge >= 0.3 is 5.97 Å². The smallest absolute Gasteiger partial charge is 0.360 e. The minimum atomic E-state index is -0.522. The van der Waals surface area contributed by atoms with E-state index in [9.17, 15) is 4.79 Å². The first-order valence-electron chi connectivity index (χ1n) is 6.38. The van der Waals surface area contributed by atoms with Crippen LogP contribution in [0.25, 0.3) is 5.69 Å². The molecule has 1 aromatic heterocycles. The van der Waals surface area contributed by atoms with Crippen molar-refractivity contribution in [2.24, 2.45) is 0 Å². The fourth-order valence-corrected chi connectivity index (χ4v) is 2.60. The zero-order chi connectivity index (χ0) is 15.0. The van der Waals surface area contributed by atoms with Crippen molar-refractivity contribution in [3.05, 3.63) is 40.3 Å². The maximum absolute atomic E-state index is 11.7. The van der Waals surface area contributed by atoms with Crippen molar-refractivity contribution in [3.63, 3.8) is 0 Å². The van der Waals surface area contributed by atoms with E-state index < -0.39 is 5.97 Å². The number of nitrogens with zero attached hydrogens (tertiary/aromatic N) is 2. The average Bonchev–Trinajstić information content (AvgIpc) is 2.65. The highest BCUT2D eigenvalue weighted by atomic mass is 16.5. The van der Waals surface area contributed by atoms with Crippen molar-refractivity contribution >= 4 is 11.8 Å². The Bertz CT molecular complexity index is 664. The molecule has 2 aromatic rings. The van der Waals surface area contributed by atoms with Gasteiger partial charge in [-0.05, 0) is 38.8 Å². The van der Waals surface area contributed by atoms with Crippen LogP contribution < -0.4 is 5.73 Å². The summed E-state index contributed by atoms with van der Waals surface area (Å²) in [6.45, 7) is 7.91. The highest BCUT2D eigenvalue weighted by Gasteiger charge is 2.21. The Morgan fingerprint density at radius 3 is 2.25 bits per heavy atom. The van der Waals surface area contributed by atoms with Gasteiger partial charge in [0.2, 0.25) is 0 Å². The molecule has 5 heteroatoms. The molecule has 0 aliphatic carbocycles. The number of nitrogen functional groups attached to an aromatic ring is 1. The van der Waals surface area contributed by atoms with Crippen LogP contribution in [-0.4, -0.2) is 22.6 Å². The number of aromatic nitrogens is 2. The Kier molecular flexibility index (Phi) is 3.53. The highest BCUT2D eigenvalue weighted by Crippen LogP contribution is 2.27. The van der Waals surface area contributed by atoms with Crippen LogP contribution in [0.2, 0.25) is 0 Å². The summed E-state index contributed by atoms with van der Waals surface area (Å²) < 4.78 is 6.51. The number of anilines is 1. The monoisotopic (exact) mass is 273 g/mol. The summed E-state index contributed by atoms with van der Waals surface area (Å²) in [7, 11) is 1.32. The number of rotatable bonds is 2. The number of carbonyl (C=O) groups is 1. The lowest BCUT2D eigenvalue weighted by Crippen LogP contribution is -2.09. The van der Waals surface area contributed by atoms with Crippen molar-refractivity contribution in [2.75, 3.05) is 12.8 Å². The number of hydrogen-bond donors (Lipinski definition) is 1. The molecule has 0 radical (unpaired) electrons. The van der Waals surface area contributed by atoms with Gasteiger partial charge in [0.25, 0.3) is 0 Å². The van der Waals surface area contributed by atoms with Crippen molar-refractivity contribution in [3.8, 4) is 5.69 Å². The van der Waals surface area contributed by atoms with E-state index in [1.54, 1.807) is 4.57 Å². The Balaban J connectivity index is 2.71. The lowest BCUT2D eigenvalue weighted by atomic mass is 10.0. The average molecular weight is 273 g/mol. The zero-order valence-corrected chi connectivity index (χ0v) is 12.4. The SMILES string of the molecule is COC(=O)c1nc(C)n(-c2c(C)cc(C)cc2C)c1N. The zero-order valence-electron chi connectivity index (χ0n) is 12.4. The van der Waals surface area contributed by atoms with Crippen LogP contribution in [0.4, 0.5) is 5.82 Å². The first kappa shape index (κ1) is 14.1. The number of carbonyl (C=O) groups excluding carboxylic acids is 1. The number of ether oxygens (including phenoxy) is 1. The number of esters is 1. The van der Waals surface area contributed by atoms with Gasteiger partial charge in [0.05, 0.1) is 12.8 Å². The molecule has 0 atom stereocenters. The van der Waals surface area contributed by atoms with E-state index in [2.05, 4.69) is 17.1 Å². The van der Waals surface area contributed by atoms with Gasteiger partial charge in [-0.3, -0.25) is 4.57 Å². The number of benzene rings is 1. The second kappa shape index (κ2) is 5.00. The van der Waals surface area contributed by atoms with E-state index >= 15 is 0 Å². The normalized spacial score (nSPS) is 10.7. The minimum absolute atomic E-state index is 0.157. The first-order chi connectivity index (χ1) is 9.36. The van der Waals surface area contributed by atoms with Gasteiger partial charge in [-0.2, -0.15) is 0 Å². The summed E-state index contributed by atoms with van der Waals surface area (Å²) >= 11 is 0. The largest absolute Gasteiger partial charge is 0.464 e. The molecule has 0 aliphatic heterocycles. The summed E-state index contributed by atoms with van der Waals surface area (Å²) in [6.07, 6.45) is 0. The van der Waals surface area contributed by atoms with Crippen LogP contribution in [0.1, 0.15) is 33.0 Å². The number of aryl methyl sites for hydroxylation is 4. The summed E-state index contributed by atoms with van der Waals surface area (Å²) in [6, 6.07) is 4.16. The maximum Gasteiger partial charge on any atom is 0.360 e. The van der Waals surface area contributed by atoms with E-state index in [0.717, 1.165) is 16.8 Å². The molecule has 0 saturated heterocycles. The molecule has 2 N–H and O–H groups in total. The van der Waals surface area contributed by atoms with E-state index in [1.165, 1.54) is 12.7 Å². The summed E-state index contributed by atoms with van der Waals surface area (Å²) in [5, 5.41) is 0. The number of nitrogens with two attached hydrogens (primary N) is 1. The minimum Gasteiger partial charge on any atom is -0.464 e. The van der Waals surface area contributed by atoms with Gasteiger partial charge < -0.3 is 10.5 Å². The van der Waals surface area contributed by atoms with Gasteiger partial charge in [0.1, 0.15) is 11.6 Å². The van der Waals surface area contributed by atoms with Crippen LogP contribution >= 0.6 is 0 Å². The molecule has 0 unspecified atom stereocenters. The van der Waals surface area contributed by atoms with Crippen LogP contribution in [0.15, 0.2) is 12.1 Å². The lowest BCUT2D eigenvalue weighted by molar-refractivity contribution is 0.0596. The molecule has 0 fully saturated rings. The van der Waals surface area contributed by atoms with Crippen LogP contribution in [0.3, 0.4) is 0 Å². The fraction of sp³-hybridized carbons (Fsp3) is 0.333. The first-order valence-corrected chi connectivity index (χ1v) is 6.38. The molecule has 106 valence electrons. The van der Waals surface area contributed by atoms with Crippen LogP contribution in [0.5, 0.6) is 0 Å². The number of methoxy groups -OCH3 is 1. The molecule has 2 rings (SSSR count). The molecule has 5 nitrogen and oxygen atoms in total. The molecule has 0 amide bonds.